The molecule has 6 aromatic rings. The Morgan fingerprint density at radius 2 is 1.37 bits per heavy atom. The Kier molecular flexibility index (Phi) is 13.7. The quantitative estimate of drug-likeness (QED) is 0.118. The van der Waals surface area contributed by atoms with E-state index in [1.807, 2.05) is 12.1 Å². The van der Waals surface area contributed by atoms with Crippen molar-refractivity contribution in [2.75, 3.05) is 40.2 Å². The lowest BCUT2D eigenvalue weighted by molar-refractivity contribution is 0.0292. The van der Waals surface area contributed by atoms with Crippen LogP contribution in [0.4, 0.5) is 10.6 Å². The fraction of sp³-hybridized carbons (Fsp3) is 0.311. The number of nitrogen functional groups attached to an aromatic ring is 1. The second kappa shape index (κ2) is 19.2. The number of tetrazole rings is 1. The predicted octanol–water partition coefficient (Wildman–Crippen LogP) is 5.74. The van der Waals surface area contributed by atoms with Gasteiger partial charge in [0.05, 0.1) is 33.4 Å². The van der Waals surface area contributed by atoms with Gasteiger partial charge in [-0.2, -0.15) is 9.10 Å². The molecule has 3 heterocycles. The first-order chi connectivity index (χ1) is 31.0. The molecule has 0 saturated carbocycles. The van der Waals surface area contributed by atoms with E-state index in [9.17, 15) is 13.2 Å². The molecule has 1 amide bonds. The topological polar surface area (TPSA) is 223 Å². The third kappa shape index (κ3) is 11.0. The molecule has 3 N–H and O–H groups in total. The molecule has 2 aromatic heterocycles. The van der Waals surface area contributed by atoms with Crippen molar-refractivity contribution in [2.45, 2.75) is 68.3 Å². The minimum absolute atomic E-state index is 0.0133. The van der Waals surface area contributed by atoms with Crippen molar-refractivity contribution >= 4 is 32.0 Å². The number of sulfonamides is 2. The summed E-state index contributed by atoms with van der Waals surface area (Å²) in [6.45, 7) is 5.17. The van der Waals surface area contributed by atoms with E-state index in [0.717, 1.165) is 5.56 Å². The van der Waals surface area contributed by atoms with Crippen LogP contribution in [0.25, 0.3) is 22.5 Å². The maximum absolute atomic E-state index is 15.9. The predicted molar refractivity (Wildman–Crippen MR) is 242 cm³/mol. The van der Waals surface area contributed by atoms with E-state index in [1.54, 1.807) is 101 Å². The molecule has 1 saturated heterocycles. The molecule has 65 heavy (non-hydrogen) atoms. The molecule has 0 bridgehead atoms. The molecule has 7 rings (SSSR count). The van der Waals surface area contributed by atoms with Crippen LogP contribution in [-0.2, 0) is 44.4 Å². The summed E-state index contributed by atoms with van der Waals surface area (Å²) in [5, 5.41) is 13.4. The Morgan fingerprint density at radius 1 is 0.800 bits per heavy atom. The highest BCUT2D eigenvalue weighted by atomic mass is 32.2. The summed E-state index contributed by atoms with van der Waals surface area (Å²) < 4.78 is 87.3. The highest BCUT2D eigenvalue weighted by Gasteiger charge is 2.40. The third-order valence-corrected chi connectivity index (χ3v) is 14.0. The lowest BCUT2D eigenvalue weighted by Gasteiger charge is -2.27. The van der Waals surface area contributed by atoms with Gasteiger partial charge in [-0.25, -0.2) is 31.3 Å². The van der Waals surface area contributed by atoms with Gasteiger partial charge in [-0.15, -0.1) is 10.2 Å². The molecule has 18 nitrogen and oxygen atoms in total. The highest BCUT2D eigenvalue weighted by Crippen LogP contribution is 2.41. The maximum Gasteiger partial charge on any atom is 0.410 e. The molecule has 4 aromatic carbocycles. The zero-order chi connectivity index (χ0) is 46.5. The minimum atomic E-state index is -4.90. The summed E-state index contributed by atoms with van der Waals surface area (Å²) in [6, 6.07) is 26.1. The lowest BCUT2D eigenvalue weighted by Crippen LogP contribution is -2.41. The lowest BCUT2D eigenvalue weighted by atomic mass is 10.0. The Hall–Kier alpha value is -6.61. The van der Waals surface area contributed by atoms with Crippen LogP contribution < -0.4 is 24.7 Å². The monoisotopic (exact) mass is 925 g/mol. The van der Waals surface area contributed by atoms with E-state index in [2.05, 4.69) is 25.1 Å². The van der Waals surface area contributed by atoms with Crippen molar-refractivity contribution in [1.29, 1.82) is 0 Å². The van der Waals surface area contributed by atoms with Gasteiger partial charge in [-0.1, -0.05) is 42.5 Å². The van der Waals surface area contributed by atoms with Crippen LogP contribution in [0.5, 0.6) is 17.2 Å². The van der Waals surface area contributed by atoms with Crippen molar-refractivity contribution in [3.05, 3.63) is 120 Å². The fourth-order valence-corrected chi connectivity index (χ4v) is 10.9. The minimum Gasteiger partial charge on any atom is -0.497 e. The number of nitrogens with two attached hydrogens (primary N) is 1. The number of benzene rings is 4. The SMILES string of the molecule is COc1ccc(CN(Cc2ccc(OC)cc2)S(=O)(=O)c2c(S(=O)(=O)N[C@H]3CCN(C(=O)OC(C)(C)C)C3)ccc(-c3ccc(N)nc3)c2-c2nnn(Cc3ccc(OC)cc3)n2)cc1. The number of rotatable bonds is 16. The highest BCUT2D eigenvalue weighted by molar-refractivity contribution is 7.92. The number of aromatic nitrogens is 5. The third-order valence-electron chi connectivity index (χ3n) is 10.5. The van der Waals surface area contributed by atoms with Gasteiger partial charge in [-0.05, 0) is 109 Å². The first kappa shape index (κ1) is 46.4. The van der Waals surface area contributed by atoms with Crippen molar-refractivity contribution in [1.82, 2.24) is 39.1 Å². The Morgan fingerprint density at radius 3 is 1.89 bits per heavy atom. The molecule has 1 atom stereocenters. The number of amides is 1. The van der Waals surface area contributed by atoms with Crippen LogP contribution in [0.3, 0.4) is 0 Å². The molecule has 342 valence electrons. The van der Waals surface area contributed by atoms with Gasteiger partial charge < -0.3 is 29.6 Å². The van der Waals surface area contributed by atoms with Crippen LogP contribution >= 0.6 is 0 Å². The van der Waals surface area contributed by atoms with Crippen LogP contribution in [-0.4, -0.2) is 103 Å². The average Bonchev–Trinajstić information content (AvgIpc) is 3.96. The molecule has 0 spiro atoms. The standard InChI is InChI=1S/C45H51N9O9S2/c1-45(2,3)63-44(55)52-24-23-34(29-52)50-64(56,57)39-21-20-38(33-13-22-40(46)47-25-33)41(43-48-51-54(49-43)28-32-11-18-37(62-6)19-12-32)42(39)65(58,59)53(26-30-7-14-35(60-4)15-8-30)27-31-9-16-36(61-5)17-10-31/h7-22,25,34,50H,23-24,26-29H2,1-6H3,(H2,46,47)/t34-/m0/s1. The molecule has 0 unspecified atom stereocenters. The number of methoxy groups -OCH3 is 3. The molecule has 1 fully saturated rings. The Balaban J connectivity index is 1.42. The number of carbonyl (C=O) groups excluding carboxylic acids is 1. The fourth-order valence-electron chi connectivity index (χ4n) is 7.22. The molecule has 1 aliphatic heterocycles. The van der Waals surface area contributed by atoms with Gasteiger partial charge in [0.2, 0.25) is 25.9 Å². The first-order valence-electron chi connectivity index (χ1n) is 20.5. The summed E-state index contributed by atoms with van der Waals surface area (Å²) in [5.74, 6) is 1.80. The summed E-state index contributed by atoms with van der Waals surface area (Å²) in [6.07, 6.45) is 1.10. The number of hydrogen-bond donors (Lipinski definition) is 2. The van der Waals surface area contributed by atoms with Crippen LogP contribution in [0.1, 0.15) is 43.9 Å². The second-order valence-corrected chi connectivity index (χ2v) is 19.8. The second-order valence-electron chi connectivity index (χ2n) is 16.3. The Labute approximate surface area is 378 Å². The van der Waals surface area contributed by atoms with E-state index in [4.69, 9.17) is 24.7 Å². The van der Waals surface area contributed by atoms with E-state index >= 15 is 8.42 Å². The number of likely N-dealkylation sites (tertiary alicyclic amines) is 1. The number of hydrogen-bond acceptors (Lipinski definition) is 14. The summed E-state index contributed by atoms with van der Waals surface area (Å²) in [7, 11) is -5.01. The number of nitrogens with one attached hydrogen (secondary N) is 1. The number of ether oxygens (including phenoxy) is 4. The van der Waals surface area contributed by atoms with E-state index in [0.29, 0.717) is 33.9 Å². The van der Waals surface area contributed by atoms with Crippen LogP contribution in [0.2, 0.25) is 0 Å². The molecule has 20 heteroatoms. The van der Waals surface area contributed by atoms with Gasteiger partial charge in [-0.3, -0.25) is 0 Å². The van der Waals surface area contributed by atoms with Gasteiger partial charge >= 0.3 is 6.09 Å². The van der Waals surface area contributed by atoms with Gasteiger partial charge in [0.25, 0.3) is 0 Å². The number of pyridine rings is 1. The number of anilines is 1. The van der Waals surface area contributed by atoms with E-state index < -0.39 is 47.6 Å². The van der Waals surface area contributed by atoms with Crippen molar-refractivity contribution < 1.29 is 40.6 Å². The first-order valence-corrected chi connectivity index (χ1v) is 23.4. The van der Waals surface area contributed by atoms with Crippen molar-refractivity contribution in [3.63, 3.8) is 0 Å². The van der Waals surface area contributed by atoms with Gasteiger partial charge in [0, 0.05) is 44.0 Å². The normalized spacial score (nSPS) is 14.4. The van der Waals surface area contributed by atoms with Crippen molar-refractivity contribution in [2.24, 2.45) is 0 Å². The largest absolute Gasteiger partial charge is 0.497 e. The van der Waals surface area contributed by atoms with Gasteiger partial charge in [0.1, 0.15) is 38.5 Å². The maximum atomic E-state index is 15.9. The van der Waals surface area contributed by atoms with Crippen molar-refractivity contribution in [3.8, 4) is 39.8 Å². The van der Waals surface area contributed by atoms with E-state index in [1.165, 1.54) is 46.6 Å². The van der Waals surface area contributed by atoms with Crippen LogP contribution in [0, 0.1) is 0 Å². The smallest absolute Gasteiger partial charge is 0.410 e. The zero-order valence-corrected chi connectivity index (χ0v) is 38.5. The average molecular weight is 926 g/mol. The van der Waals surface area contributed by atoms with E-state index in [-0.39, 0.29) is 61.9 Å². The summed E-state index contributed by atoms with van der Waals surface area (Å²) in [5.41, 5.74) is 7.67. The molecule has 1 aliphatic rings. The number of nitrogens with zero attached hydrogens (tertiary/aromatic N) is 7. The van der Waals surface area contributed by atoms with Gasteiger partial charge in [0.15, 0.2) is 0 Å². The molecule has 0 aliphatic carbocycles. The summed E-state index contributed by atoms with van der Waals surface area (Å²) >= 11 is 0. The molecular formula is C45H51N9O9S2. The molecule has 0 radical (unpaired) electrons. The van der Waals surface area contributed by atoms with Crippen LogP contribution in [0.15, 0.2) is 113 Å². The Bertz CT molecular complexity index is 2790. The zero-order valence-electron chi connectivity index (χ0n) is 36.8. The summed E-state index contributed by atoms with van der Waals surface area (Å²) in [4.78, 5) is 18.8. The number of carbonyl (C=O) groups is 1. The molecular weight excluding hydrogens is 875 g/mol.